The van der Waals surface area contributed by atoms with Gasteiger partial charge in [0.2, 0.25) is 0 Å². The maximum atomic E-state index is 11.8. The summed E-state index contributed by atoms with van der Waals surface area (Å²) in [5.41, 5.74) is 4.59. The molecule has 8 nitrogen and oxygen atoms in total. The van der Waals surface area contributed by atoms with Crippen molar-refractivity contribution in [3.8, 4) is 5.75 Å². The first kappa shape index (κ1) is 18.9. The molecule has 0 radical (unpaired) electrons. The molecule has 1 N–H and O–H groups in total. The zero-order valence-corrected chi connectivity index (χ0v) is 14.8. The zero-order chi connectivity index (χ0) is 19.1. The highest BCUT2D eigenvalue weighted by molar-refractivity contribution is 5.90. The highest BCUT2D eigenvalue weighted by atomic mass is 16.6. The van der Waals surface area contributed by atoms with Crippen LogP contribution in [0.15, 0.2) is 47.6 Å². The maximum absolute atomic E-state index is 11.8. The van der Waals surface area contributed by atoms with Crippen molar-refractivity contribution in [2.75, 3.05) is 25.6 Å². The van der Waals surface area contributed by atoms with Crippen molar-refractivity contribution >= 4 is 23.5 Å². The highest BCUT2D eigenvalue weighted by Gasteiger charge is 2.11. The predicted molar refractivity (Wildman–Crippen MR) is 99.8 cm³/mol. The van der Waals surface area contributed by atoms with E-state index in [9.17, 15) is 14.9 Å². The molecule has 0 saturated heterocycles. The number of hydrazone groups is 1. The monoisotopic (exact) mass is 356 g/mol. The Hall–Kier alpha value is -3.42. The second-order valence-corrected chi connectivity index (χ2v) is 5.79. The van der Waals surface area contributed by atoms with Gasteiger partial charge in [0.25, 0.3) is 11.6 Å². The third-order valence-corrected chi connectivity index (χ3v) is 3.46. The van der Waals surface area contributed by atoms with Crippen LogP contribution in [-0.2, 0) is 4.79 Å². The first-order chi connectivity index (χ1) is 12.4. The number of nitro benzene ring substituents is 1. The SMILES string of the molecule is Cc1cccc(OCC(=O)N/N=C/c2cc([N+](=O)[O-])ccc2N(C)C)c1. The number of rotatable bonds is 7. The molecular formula is C18H20N4O4. The van der Waals surface area contributed by atoms with E-state index in [0.717, 1.165) is 11.3 Å². The molecule has 0 atom stereocenters. The minimum Gasteiger partial charge on any atom is -0.484 e. The Labute approximate surface area is 151 Å². The van der Waals surface area contributed by atoms with E-state index in [1.54, 1.807) is 17.0 Å². The molecule has 26 heavy (non-hydrogen) atoms. The van der Waals surface area contributed by atoms with Gasteiger partial charge >= 0.3 is 0 Å². The van der Waals surface area contributed by atoms with Gasteiger partial charge in [-0.15, -0.1) is 0 Å². The quantitative estimate of drug-likeness (QED) is 0.467. The summed E-state index contributed by atoms with van der Waals surface area (Å²) in [5.74, 6) is 0.164. The molecule has 2 aromatic rings. The van der Waals surface area contributed by atoms with E-state index in [2.05, 4.69) is 10.5 Å². The normalized spacial score (nSPS) is 10.6. The van der Waals surface area contributed by atoms with Crippen LogP contribution in [0.5, 0.6) is 5.75 Å². The summed E-state index contributed by atoms with van der Waals surface area (Å²) in [5, 5.41) is 14.8. The van der Waals surface area contributed by atoms with Crippen LogP contribution in [0.3, 0.4) is 0 Å². The topological polar surface area (TPSA) is 97.1 Å². The molecule has 1 amide bonds. The average Bonchev–Trinajstić information content (AvgIpc) is 2.59. The van der Waals surface area contributed by atoms with Gasteiger partial charge in [0.05, 0.1) is 11.1 Å². The summed E-state index contributed by atoms with van der Waals surface area (Å²) >= 11 is 0. The van der Waals surface area contributed by atoms with Gasteiger partial charge in [0, 0.05) is 37.5 Å². The average molecular weight is 356 g/mol. The van der Waals surface area contributed by atoms with E-state index in [4.69, 9.17) is 4.74 Å². The molecule has 0 unspecified atom stereocenters. The fourth-order valence-corrected chi connectivity index (χ4v) is 2.23. The van der Waals surface area contributed by atoms with Crippen molar-refractivity contribution in [3.63, 3.8) is 0 Å². The maximum Gasteiger partial charge on any atom is 0.277 e. The number of carbonyl (C=O) groups is 1. The molecule has 0 aromatic heterocycles. The lowest BCUT2D eigenvalue weighted by molar-refractivity contribution is -0.384. The Morgan fingerprint density at radius 1 is 1.31 bits per heavy atom. The summed E-state index contributed by atoms with van der Waals surface area (Å²) < 4.78 is 5.38. The third-order valence-electron chi connectivity index (χ3n) is 3.46. The van der Waals surface area contributed by atoms with Crippen LogP contribution in [-0.4, -0.2) is 37.7 Å². The first-order valence-electron chi connectivity index (χ1n) is 7.84. The second kappa shape index (κ2) is 8.61. The smallest absolute Gasteiger partial charge is 0.277 e. The molecule has 0 spiro atoms. The van der Waals surface area contributed by atoms with Crippen molar-refractivity contribution in [2.45, 2.75) is 6.92 Å². The molecule has 136 valence electrons. The van der Waals surface area contributed by atoms with Gasteiger partial charge in [-0.25, -0.2) is 5.43 Å². The fraction of sp³-hybridized carbons (Fsp3) is 0.222. The lowest BCUT2D eigenvalue weighted by Crippen LogP contribution is -2.24. The van der Waals surface area contributed by atoms with Gasteiger partial charge in [0.15, 0.2) is 6.61 Å². The molecule has 0 aliphatic heterocycles. The Bertz CT molecular complexity index is 834. The minimum absolute atomic E-state index is 0.0499. The lowest BCUT2D eigenvalue weighted by atomic mass is 10.1. The van der Waals surface area contributed by atoms with E-state index in [0.29, 0.717) is 11.3 Å². The number of non-ortho nitro benzene ring substituents is 1. The van der Waals surface area contributed by atoms with Crippen molar-refractivity contribution in [1.29, 1.82) is 0 Å². The molecule has 0 bridgehead atoms. The fourth-order valence-electron chi connectivity index (χ4n) is 2.23. The molecule has 0 fully saturated rings. The van der Waals surface area contributed by atoms with Crippen LogP contribution in [0.2, 0.25) is 0 Å². The molecule has 0 saturated carbocycles. The van der Waals surface area contributed by atoms with Crippen molar-refractivity contribution in [2.24, 2.45) is 5.10 Å². The molecule has 0 aliphatic carbocycles. The largest absolute Gasteiger partial charge is 0.484 e. The van der Waals surface area contributed by atoms with E-state index in [-0.39, 0.29) is 12.3 Å². The molecule has 0 aliphatic rings. The molecule has 2 aromatic carbocycles. The summed E-state index contributed by atoms with van der Waals surface area (Å²) in [6.07, 6.45) is 1.37. The Morgan fingerprint density at radius 2 is 2.08 bits per heavy atom. The highest BCUT2D eigenvalue weighted by Crippen LogP contribution is 2.22. The van der Waals surface area contributed by atoms with Gasteiger partial charge in [-0.1, -0.05) is 12.1 Å². The van der Waals surface area contributed by atoms with Crippen LogP contribution >= 0.6 is 0 Å². The van der Waals surface area contributed by atoms with Gasteiger partial charge in [-0.3, -0.25) is 14.9 Å². The standard InChI is InChI=1S/C18H20N4O4/c1-13-5-4-6-16(9-13)26-12-18(23)20-19-11-14-10-15(22(24)25)7-8-17(14)21(2)3/h4-11H,12H2,1-3H3,(H,20,23)/b19-11+. The van der Waals surface area contributed by atoms with Gasteiger partial charge in [-0.05, 0) is 30.7 Å². The summed E-state index contributed by atoms with van der Waals surface area (Å²) in [4.78, 5) is 24.1. The van der Waals surface area contributed by atoms with Crippen LogP contribution < -0.4 is 15.1 Å². The summed E-state index contributed by atoms with van der Waals surface area (Å²) in [6.45, 7) is 1.74. The van der Waals surface area contributed by atoms with Gasteiger partial charge in [0.1, 0.15) is 5.75 Å². The van der Waals surface area contributed by atoms with Crippen LogP contribution in [0.4, 0.5) is 11.4 Å². The number of carbonyl (C=O) groups excluding carboxylic acids is 1. The number of aryl methyl sites for hydroxylation is 1. The molecule has 2 rings (SSSR count). The second-order valence-electron chi connectivity index (χ2n) is 5.79. The number of hydrogen-bond donors (Lipinski definition) is 1. The Kier molecular flexibility index (Phi) is 6.26. The molecule has 8 heteroatoms. The first-order valence-corrected chi connectivity index (χ1v) is 7.84. The van der Waals surface area contributed by atoms with Crippen molar-refractivity contribution in [1.82, 2.24) is 5.43 Å². The summed E-state index contributed by atoms with van der Waals surface area (Å²) in [7, 11) is 3.62. The Morgan fingerprint density at radius 3 is 2.73 bits per heavy atom. The van der Waals surface area contributed by atoms with Crippen molar-refractivity contribution < 1.29 is 14.5 Å². The number of benzene rings is 2. The van der Waals surface area contributed by atoms with Gasteiger partial charge in [-0.2, -0.15) is 5.10 Å². The number of anilines is 1. The van der Waals surface area contributed by atoms with E-state index in [1.165, 1.54) is 18.3 Å². The van der Waals surface area contributed by atoms with Crippen LogP contribution in [0.25, 0.3) is 0 Å². The number of nitro groups is 1. The van der Waals surface area contributed by atoms with E-state index in [1.807, 2.05) is 39.2 Å². The van der Waals surface area contributed by atoms with Gasteiger partial charge < -0.3 is 9.64 Å². The number of nitrogens with zero attached hydrogens (tertiary/aromatic N) is 3. The number of hydrogen-bond acceptors (Lipinski definition) is 6. The molecular weight excluding hydrogens is 336 g/mol. The molecule has 0 heterocycles. The summed E-state index contributed by atoms with van der Waals surface area (Å²) in [6, 6.07) is 11.8. The number of amides is 1. The third kappa shape index (κ3) is 5.30. The van der Waals surface area contributed by atoms with Crippen LogP contribution in [0, 0.1) is 17.0 Å². The van der Waals surface area contributed by atoms with Crippen LogP contribution in [0.1, 0.15) is 11.1 Å². The van der Waals surface area contributed by atoms with E-state index < -0.39 is 10.8 Å². The lowest BCUT2D eigenvalue weighted by Gasteiger charge is -2.14. The zero-order valence-electron chi connectivity index (χ0n) is 14.8. The van der Waals surface area contributed by atoms with E-state index >= 15 is 0 Å². The number of ether oxygens (including phenoxy) is 1. The number of nitrogens with one attached hydrogen (secondary N) is 1. The van der Waals surface area contributed by atoms with Crippen molar-refractivity contribution in [3.05, 3.63) is 63.7 Å². The minimum atomic E-state index is -0.481. The predicted octanol–water partition coefficient (Wildman–Crippen LogP) is 2.50. The Balaban J connectivity index is 1.99.